The van der Waals surface area contributed by atoms with E-state index in [1.165, 1.54) is 31.4 Å². The number of nitrogens with one attached hydrogen (secondary N) is 3. The summed E-state index contributed by atoms with van der Waals surface area (Å²) in [5.74, 6) is -0.965. The molecule has 4 N–H and O–H groups in total. The molecule has 0 atom stereocenters. The van der Waals surface area contributed by atoms with Crippen LogP contribution in [-0.2, 0) is 11.3 Å². The molecule has 1 saturated carbocycles. The number of urea groups is 1. The van der Waals surface area contributed by atoms with E-state index >= 15 is 0 Å². The van der Waals surface area contributed by atoms with Gasteiger partial charge in [0.15, 0.2) is 0 Å². The lowest BCUT2D eigenvalue weighted by molar-refractivity contribution is -0.121. The highest BCUT2D eigenvalue weighted by Gasteiger charge is 2.15. The Morgan fingerprint density at radius 2 is 1.81 bits per heavy atom. The van der Waals surface area contributed by atoms with Crippen molar-refractivity contribution in [3.8, 4) is 0 Å². The Bertz CT molecular complexity index is 623. The molecular formula is C19H29N3O5. The highest BCUT2D eigenvalue weighted by molar-refractivity contribution is 5.84. The standard InChI is InChI=1S/C19H29N3O5/c23-17(21-13-15-10-11-16(27-15)18(24)25)9-5-2-6-12-20-19(26)22-14-7-3-1-4-8-14/h10-11,14H,1-9,12-13H2,(H,21,23)(H,24,25)(H2,20,22,26). The number of carbonyl (C=O) groups is 3. The van der Waals surface area contributed by atoms with E-state index in [0.29, 0.717) is 24.8 Å². The molecule has 150 valence electrons. The van der Waals surface area contributed by atoms with Crippen LogP contribution in [0.5, 0.6) is 0 Å². The first kappa shape index (κ1) is 20.8. The van der Waals surface area contributed by atoms with Crippen LogP contribution < -0.4 is 16.0 Å². The number of unbranched alkanes of at least 4 members (excludes halogenated alkanes) is 2. The lowest BCUT2D eigenvalue weighted by Gasteiger charge is -2.22. The molecule has 1 heterocycles. The van der Waals surface area contributed by atoms with E-state index in [1.54, 1.807) is 0 Å². The third-order valence-electron chi connectivity index (χ3n) is 4.64. The molecule has 8 nitrogen and oxygen atoms in total. The van der Waals surface area contributed by atoms with Crippen molar-refractivity contribution in [1.82, 2.24) is 16.0 Å². The molecule has 1 fully saturated rings. The van der Waals surface area contributed by atoms with Crippen LogP contribution in [0.2, 0.25) is 0 Å². The second-order valence-corrected chi connectivity index (χ2v) is 6.89. The maximum atomic E-state index is 11.8. The summed E-state index contributed by atoms with van der Waals surface area (Å²) in [6.45, 7) is 0.777. The van der Waals surface area contributed by atoms with Gasteiger partial charge in [-0.15, -0.1) is 0 Å². The van der Waals surface area contributed by atoms with Crippen molar-refractivity contribution in [2.75, 3.05) is 6.54 Å². The highest BCUT2D eigenvalue weighted by atomic mass is 16.4. The average Bonchev–Trinajstić information content (AvgIpc) is 3.13. The number of hydrogen-bond acceptors (Lipinski definition) is 4. The van der Waals surface area contributed by atoms with Crippen molar-refractivity contribution in [2.24, 2.45) is 0 Å². The third kappa shape index (κ3) is 8.15. The van der Waals surface area contributed by atoms with Crippen LogP contribution in [0.3, 0.4) is 0 Å². The largest absolute Gasteiger partial charge is 0.475 e. The third-order valence-corrected chi connectivity index (χ3v) is 4.64. The van der Waals surface area contributed by atoms with Crippen LogP contribution in [0.15, 0.2) is 16.5 Å². The van der Waals surface area contributed by atoms with Gasteiger partial charge in [0.2, 0.25) is 11.7 Å². The minimum absolute atomic E-state index is 0.0983. The number of aromatic carboxylic acids is 1. The Balaban J connectivity index is 1.46. The molecule has 0 unspecified atom stereocenters. The van der Waals surface area contributed by atoms with Crippen LogP contribution >= 0.6 is 0 Å². The van der Waals surface area contributed by atoms with Crippen LogP contribution in [-0.4, -0.2) is 35.6 Å². The Labute approximate surface area is 159 Å². The smallest absolute Gasteiger partial charge is 0.371 e. The van der Waals surface area contributed by atoms with E-state index in [4.69, 9.17) is 9.52 Å². The number of furan rings is 1. The molecule has 1 aliphatic rings. The first-order chi connectivity index (χ1) is 13.0. The maximum absolute atomic E-state index is 11.8. The monoisotopic (exact) mass is 379 g/mol. The van der Waals surface area contributed by atoms with E-state index in [2.05, 4.69) is 16.0 Å². The molecule has 0 spiro atoms. The minimum atomic E-state index is -1.13. The first-order valence-electron chi connectivity index (χ1n) is 9.67. The molecule has 0 saturated heterocycles. The van der Waals surface area contributed by atoms with Crippen molar-refractivity contribution in [2.45, 2.75) is 70.4 Å². The van der Waals surface area contributed by atoms with E-state index in [9.17, 15) is 14.4 Å². The highest BCUT2D eigenvalue weighted by Crippen LogP contribution is 2.17. The number of carboxylic acids is 1. The topological polar surface area (TPSA) is 121 Å². The zero-order valence-electron chi connectivity index (χ0n) is 15.6. The fraction of sp³-hybridized carbons (Fsp3) is 0.632. The fourth-order valence-electron chi connectivity index (χ4n) is 3.13. The van der Waals surface area contributed by atoms with E-state index in [1.807, 2.05) is 0 Å². The van der Waals surface area contributed by atoms with Crippen molar-refractivity contribution in [1.29, 1.82) is 0 Å². The first-order valence-corrected chi connectivity index (χ1v) is 9.67. The molecule has 0 bridgehead atoms. The second-order valence-electron chi connectivity index (χ2n) is 6.89. The van der Waals surface area contributed by atoms with Crippen LogP contribution in [0.25, 0.3) is 0 Å². The second kappa shape index (κ2) is 11.3. The van der Waals surface area contributed by atoms with Gasteiger partial charge in [0.25, 0.3) is 0 Å². The molecule has 8 heteroatoms. The molecule has 2 rings (SSSR count). The summed E-state index contributed by atoms with van der Waals surface area (Å²) in [6.07, 6.45) is 8.57. The summed E-state index contributed by atoms with van der Waals surface area (Å²) in [7, 11) is 0. The van der Waals surface area contributed by atoms with E-state index in [-0.39, 0.29) is 24.2 Å². The van der Waals surface area contributed by atoms with Crippen molar-refractivity contribution in [3.63, 3.8) is 0 Å². The van der Waals surface area contributed by atoms with Gasteiger partial charge >= 0.3 is 12.0 Å². The van der Waals surface area contributed by atoms with Gasteiger partial charge in [0.1, 0.15) is 5.76 Å². The van der Waals surface area contributed by atoms with Crippen LogP contribution in [0.4, 0.5) is 4.79 Å². The predicted octanol–water partition coefficient (Wildman–Crippen LogP) is 2.79. The van der Waals surface area contributed by atoms with E-state index in [0.717, 1.165) is 32.1 Å². The van der Waals surface area contributed by atoms with Crippen LogP contribution in [0.1, 0.15) is 74.1 Å². The summed E-state index contributed by atoms with van der Waals surface area (Å²) < 4.78 is 5.07. The van der Waals surface area contributed by atoms with Gasteiger partial charge in [-0.25, -0.2) is 9.59 Å². The average molecular weight is 379 g/mol. The summed E-state index contributed by atoms with van der Waals surface area (Å²) in [6, 6.07) is 3.11. The number of amides is 3. The molecule has 1 aromatic heterocycles. The van der Waals surface area contributed by atoms with Gasteiger partial charge in [0.05, 0.1) is 6.54 Å². The summed E-state index contributed by atoms with van der Waals surface area (Å²) in [5, 5.41) is 17.3. The lowest BCUT2D eigenvalue weighted by atomic mass is 9.96. The van der Waals surface area contributed by atoms with Crippen molar-refractivity contribution >= 4 is 17.9 Å². The quantitative estimate of drug-likeness (QED) is 0.466. The van der Waals surface area contributed by atoms with E-state index < -0.39 is 5.97 Å². The number of hydrogen-bond donors (Lipinski definition) is 4. The van der Waals surface area contributed by atoms with Gasteiger partial charge in [-0.05, 0) is 37.8 Å². The molecule has 3 amide bonds. The molecular weight excluding hydrogens is 350 g/mol. The van der Waals surface area contributed by atoms with Gasteiger partial charge in [-0.1, -0.05) is 25.7 Å². The predicted molar refractivity (Wildman–Crippen MR) is 99.4 cm³/mol. The Hall–Kier alpha value is -2.51. The Morgan fingerprint density at radius 3 is 2.52 bits per heavy atom. The minimum Gasteiger partial charge on any atom is -0.475 e. The van der Waals surface area contributed by atoms with Crippen molar-refractivity contribution in [3.05, 3.63) is 23.7 Å². The number of carbonyl (C=O) groups excluding carboxylic acids is 2. The van der Waals surface area contributed by atoms with Gasteiger partial charge in [-0.2, -0.15) is 0 Å². The van der Waals surface area contributed by atoms with Crippen LogP contribution in [0, 0.1) is 0 Å². The maximum Gasteiger partial charge on any atom is 0.371 e. The SMILES string of the molecule is O=C(CCCCCNC(=O)NC1CCCCC1)NCc1ccc(C(=O)O)o1. The van der Waals surface area contributed by atoms with Gasteiger partial charge < -0.3 is 25.5 Å². The van der Waals surface area contributed by atoms with Gasteiger partial charge in [-0.3, -0.25) is 4.79 Å². The zero-order valence-corrected chi connectivity index (χ0v) is 15.6. The molecule has 1 aromatic rings. The Morgan fingerprint density at radius 1 is 1.04 bits per heavy atom. The fourth-order valence-corrected chi connectivity index (χ4v) is 3.13. The number of rotatable bonds is 10. The molecule has 27 heavy (non-hydrogen) atoms. The molecule has 0 aromatic carbocycles. The van der Waals surface area contributed by atoms with Crippen molar-refractivity contribution < 1.29 is 23.9 Å². The Kier molecular flexibility index (Phi) is 8.67. The molecule has 1 aliphatic carbocycles. The molecule has 0 radical (unpaired) electrons. The number of carboxylic acid groups (broad SMARTS) is 1. The molecule has 0 aliphatic heterocycles. The summed E-state index contributed by atoms with van der Waals surface area (Å²) in [5.41, 5.74) is 0. The summed E-state index contributed by atoms with van der Waals surface area (Å²) in [4.78, 5) is 34.3. The lowest BCUT2D eigenvalue weighted by Crippen LogP contribution is -2.43. The zero-order chi connectivity index (χ0) is 19.5. The normalized spacial score (nSPS) is 14.5. The summed E-state index contributed by atoms with van der Waals surface area (Å²) >= 11 is 0. The van der Waals surface area contributed by atoms with Gasteiger partial charge in [0, 0.05) is 19.0 Å².